The van der Waals surface area contributed by atoms with E-state index in [0.29, 0.717) is 19.4 Å². The summed E-state index contributed by atoms with van der Waals surface area (Å²) < 4.78 is 5.44. The first kappa shape index (κ1) is 32.3. The van der Waals surface area contributed by atoms with E-state index in [0.717, 1.165) is 43.4 Å². The Kier molecular flexibility index (Phi) is 9.41. The van der Waals surface area contributed by atoms with Crippen LogP contribution >= 0.6 is 0 Å². The van der Waals surface area contributed by atoms with Crippen molar-refractivity contribution >= 4 is 35.6 Å². The summed E-state index contributed by atoms with van der Waals surface area (Å²) in [7, 11) is 0. The van der Waals surface area contributed by atoms with Gasteiger partial charge in [0.1, 0.15) is 23.2 Å². The first-order valence-electron chi connectivity index (χ1n) is 16.1. The number of rotatable bonds is 3. The van der Waals surface area contributed by atoms with Crippen LogP contribution in [0.1, 0.15) is 77.7 Å². The number of anilines is 1. The van der Waals surface area contributed by atoms with Crippen LogP contribution in [0.2, 0.25) is 0 Å². The smallest absolute Gasteiger partial charge is 0.408 e. The Morgan fingerprint density at radius 1 is 1.07 bits per heavy atom. The third kappa shape index (κ3) is 7.42. The van der Waals surface area contributed by atoms with Gasteiger partial charge >= 0.3 is 18.1 Å². The predicted octanol–water partition coefficient (Wildman–Crippen LogP) is 3.49. The molecule has 12 heteroatoms. The molecule has 0 unspecified atom stereocenters. The molecule has 244 valence electrons. The predicted molar refractivity (Wildman–Crippen MR) is 167 cm³/mol. The quantitative estimate of drug-likeness (QED) is 0.376. The van der Waals surface area contributed by atoms with E-state index in [4.69, 9.17) is 4.74 Å². The molecule has 0 aromatic heterocycles. The van der Waals surface area contributed by atoms with Gasteiger partial charge in [0.05, 0.1) is 6.04 Å². The number of allylic oxidation sites excluding steroid dienone is 1. The number of benzene rings is 1. The number of ether oxygens (including phenoxy) is 1. The number of carbonyl (C=O) groups is 5. The summed E-state index contributed by atoms with van der Waals surface area (Å²) in [5.74, 6) is -2.52. The second-order valence-electron chi connectivity index (χ2n) is 13.6. The van der Waals surface area contributed by atoms with Crippen LogP contribution in [0.15, 0.2) is 36.4 Å². The fourth-order valence-electron chi connectivity index (χ4n) is 6.65. The molecule has 1 aromatic carbocycles. The summed E-state index contributed by atoms with van der Waals surface area (Å²) in [6, 6.07) is 4.86. The van der Waals surface area contributed by atoms with Crippen molar-refractivity contribution in [1.82, 2.24) is 20.9 Å². The van der Waals surface area contributed by atoms with Gasteiger partial charge in [-0.05, 0) is 77.3 Å². The minimum atomic E-state index is -1.44. The maximum atomic E-state index is 14.1. The standard InChI is InChI=1S/C33H45N5O7/c1-32(2,3)45-31(44)35-24-15-8-6-4-5-7-14-22-19-33(22,29(41)42)36-27(39)26-18-23(20-38(26)28(24)40)34-30(43)37-17-11-13-21-12-9-10-16-25(21)37/h7,9-10,12,14,16,22-24,26H,4-6,8,11,13,15,17-20H2,1-3H3,(H,34,43)(H,35,44)(H,36,39)(H,41,42)/b14-7+/t22-,23-,24+,26+,33-/m1/s1. The number of nitrogens with one attached hydrogen (secondary N) is 3. The summed E-state index contributed by atoms with van der Waals surface area (Å²) in [4.78, 5) is 69.7. The summed E-state index contributed by atoms with van der Waals surface area (Å²) in [6.45, 7) is 5.78. The summed E-state index contributed by atoms with van der Waals surface area (Å²) in [6.07, 6.45) is 8.52. The number of fused-ring (bicyclic) bond motifs is 3. The van der Waals surface area contributed by atoms with E-state index in [-0.39, 0.29) is 31.3 Å². The van der Waals surface area contributed by atoms with Crippen molar-refractivity contribution < 1.29 is 33.8 Å². The Bertz CT molecular complexity index is 1360. The van der Waals surface area contributed by atoms with Gasteiger partial charge in [0, 0.05) is 24.7 Å². The molecule has 3 heterocycles. The second-order valence-corrected chi connectivity index (χ2v) is 13.6. The lowest BCUT2D eigenvalue weighted by molar-refractivity contribution is -0.145. The zero-order chi connectivity index (χ0) is 32.4. The van der Waals surface area contributed by atoms with Gasteiger partial charge in [0.15, 0.2) is 0 Å². The lowest BCUT2D eigenvalue weighted by Crippen LogP contribution is -2.56. The molecule has 2 fully saturated rings. The third-order valence-electron chi connectivity index (χ3n) is 9.03. The van der Waals surface area contributed by atoms with E-state index < -0.39 is 53.1 Å². The van der Waals surface area contributed by atoms with Crippen molar-refractivity contribution in [3.05, 3.63) is 42.0 Å². The molecule has 0 radical (unpaired) electrons. The number of urea groups is 1. The largest absolute Gasteiger partial charge is 0.479 e. The Morgan fingerprint density at radius 2 is 1.84 bits per heavy atom. The third-order valence-corrected chi connectivity index (χ3v) is 9.03. The van der Waals surface area contributed by atoms with Gasteiger partial charge in [0.2, 0.25) is 11.8 Å². The average Bonchev–Trinajstić information content (AvgIpc) is 3.51. The molecule has 3 aliphatic heterocycles. The van der Waals surface area contributed by atoms with Crippen LogP contribution < -0.4 is 20.9 Å². The number of hydrogen-bond acceptors (Lipinski definition) is 6. The van der Waals surface area contributed by atoms with Gasteiger partial charge < -0.3 is 30.7 Å². The number of nitrogens with zero attached hydrogens (tertiary/aromatic N) is 2. The Morgan fingerprint density at radius 3 is 2.60 bits per heavy atom. The molecule has 45 heavy (non-hydrogen) atoms. The maximum absolute atomic E-state index is 14.1. The lowest BCUT2D eigenvalue weighted by Gasteiger charge is -2.31. The molecule has 4 aliphatic rings. The SMILES string of the molecule is CC(C)(C)OC(=O)N[C@H]1CCCCC/C=C/[C@@H]2C[C@@]2(C(=O)O)NC(=O)[C@@H]2C[C@@H](NC(=O)N3CCCc4ccccc43)CN2C1=O. The van der Waals surface area contributed by atoms with Crippen LogP contribution in [0, 0.1) is 5.92 Å². The van der Waals surface area contributed by atoms with Gasteiger partial charge in [-0.2, -0.15) is 0 Å². The normalized spacial score (nSPS) is 29.5. The second kappa shape index (κ2) is 13.1. The number of hydrogen-bond donors (Lipinski definition) is 4. The highest BCUT2D eigenvalue weighted by Gasteiger charge is 2.61. The molecule has 5 amide bonds. The number of aryl methyl sites for hydroxylation is 1. The van der Waals surface area contributed by atoms with E-state index >= 15 is 0 Å². The van der Waals surface area contributed by atoms with Crippen molar-refractivity contribution in [2.24, 2.45) is 5.92 Å². The number of carboxylic acids is 1. The van der Waals surface area contributed by atoms with Crippen molar-refractivity contribution in [3.63, 3.8) is 0 Å². The molecule has 5 atom stereocenters. The average molecular weight is 624 g/mol. The van der Waals surface area contributed by atoms with Gasteiger partial charge in [-0.25, -0.2) is 14.4 Å². The van der Waals surface area contributed by atoms with Crippen molar-refractivity contribution in [2.45, 2.75) is 108 Å². The monoisotopic (exact) mass is 623 g/mol. The first-order chi connectivity index (χ1) is 21.4. The number of alkyl carbamates (subject to hydrolysis) is 1. The highest BCUT2D eigenvalue weighted by molar-refractivity contribution is 5.97. The number of aliphatic carboxylic acids is 1. The molecule has 4 N–H and O–H groups in total. The molecule has 5 rings (SSSR count). The zero-order valence-electron chi connectivity index (χ0n) is 26.3. The molecular formula is C33H45N5O7. The minimum Gasteiger partial charge on any atom is -0.479 e. The van der Waals surface area contributed by atoms with E-state index in [1.165, 1.54) is 4.90 Å². The number of carbonyl (C=O) groups excluding carboxylic acids is 4. The lowest BCUT2D eigenvalue weighted by atomic mass is 10.0. The molecule has 1 aliphatic carbocycles. The molecule has 1 aromatic rings. The van der Waals surface area contributed by atoms with Crippen LogP contribution in [-0.2, 0) is 25.5 Å². The van der Waals surface area contributed by atoms with Crippen molar-refractivity contribution in [1.29, 1.82) is 0 Å². The Labute approximate surface area is 263 Å². The fourth-order valence-corrected chi connectivity index (χ4v) is 6.65. The number of para-hydroxylation sites is 1. The van der Waals surface area contributed by atoms with E-state index in [2.05, 4.69) is 16.0 Å². The molecule has 0 spiro atoms. The van der Waals surface area contributed by atoms with Crippen LogP contribution in [0.25, 0.3) is 0 Å². The highest BCUT2D eigenvalue weighted by atomic mass is 16.6. The summed E-state index contributed by atoms with van der Waals surface area (Å²) in [5.41, 5.74) is -0.296. The summed E-state index contributed by atoms with van der Waals surface area (Å²) in [5, 5.41) is 18.6. The van der Waals surface area contributed by atoms with Crippen molar-refractivity contribution in [2.75, 3.05) is 18.0 Å². The van der Waals surface area contributed by atoms with Crippen LogP contribution in [0.4, 0.5) is 15.3 Å². The topological polar surface area (TPSA) is 157 Å². The Balaban J connectivity index is 1.39. The zero-order valence-corrected chi connectivity index (χ0v) is 26.3. The van der Waals surface area contributed by atoms with Crippen LogP contribution in [0.3, 0.4) is 0 Å². The highest BCUT2D eigenvalue weighted by Crippen LogP contribution is 2.45. The fraction of sp³-hybridized carbons (Fsp3) is 0.606. The Hall–Kier alpha value is -4.09. The number of amides is 5. The minimum absolute atomic E-state index is 0.0358. The molecule has 1 saturated carbocycles. The van der Waals surface area contributed by atoms with Gasteiger partial charge in [-0.3, -0.25) is 14.5 Å². The van der Waals surface area contributed by atoms with E-state index in [9.17, 15) is 29.1 Å². The van der Waals surface area contributed by atoms with Crippen molar-refractivity contribution in [3.8, 4) is 0 Å². The number of carboxylic acid groups (broad SMARTS) is 1. The maximum Gasteiger partial charge on any atom is 0.408 e. The van der Waals surface area contributed by atoms with Crippen LogP contribution in [-0.4, -0.2) is 82.3 Å². The first-order valence-corrected chi connectivity index (χ1v) is 16.1. The van der Waals surface area contributed by atoms with Gasteiger partial charge in [-0.1, -0.05) is 43.2 Å². The van der Waals surface area contributed by atoms with E-state index in [1.54, 1.807) is 25.7 Å². The van der Waals surface area contributed by atoms with Crippen LogP contribution in [0.5, 0.6) is 0 Å². The molecular weight excluding hydrogens is 578 g/mol. The molecule has 1 saturated heterocycles. The van der Waals surface area contributed by atoms with E-state index in [1.807, 2.05) is 36.4 Å². The van der Waals surface area contributed by atoms with Gasteiger partial charge in [0.25, 0.3) is 0 Å². The summed E-state index contributed by atoms with van der Waals surface area (Å²) >= 11 is 0. The molecule has 0 bridgehead atoms. The molecule has 12 nitrogen and oxygen atoms in total. The van der Waals surface area contributed by atoms with Gasteiger partial charge in [-0.15, -0.1) is 0 Å².